The van der Waals surface area contributed by atoms with Gasteiger partial charge in [-0.25, -0.2) is 0 Å². The highest BCUT2D eigenvalue weighted by Crippen LogP contribution is 2.50. The fraction of sp³-hybridized carbons (Fsp3) is 0.786. The minimum Gasteiger partial charge on any atom is -0.469 e. The molecule has 0 bridgehead atoms. The molecule has 1 spiro atoms. The summed E-state index contributed by atoms with van der Waals surface area (Å²) in [7, 11) is 2.62. The Morgan fingerprint density at radius 1 is 1.11 bits per heavy atom. The molecule has 2 unspecified atom stereocenters. The normalized spacial score (nSPS) is 29.3. The number of carbonyl (C=O) groups excluding carboxylic acids is 3. The highest BCUT2D eigenvalue weighted by atomic mass is 16.5. The molecule has 2 saturated carbocycles. The van der Waals surface area contributed by atoms with Crippen LogP contribution in [0.15, 0.2) is 0 Å². The van der Waals surface area contributed by atoms with Crippen molar-refractivity contribution in [1.29, 1.82) is 0 Å². The summed E-state index contributed by atoms with van der Waals surface area (Å²) >= 11 is 0. The zero-order valence-corrected chi connectivity index (χ0v) is 11.4. The number of methoxy groups -OCH3 is 2. The third-order valence-corrected chi connectivity index (χ3v) is 4.58. The van der Waals surface area contributed by atoms with E-state index in [1.807, 2.05) is 0 Å². The van der Waals surface area contributed by atoms with Crippen LogP contribution in [-0.2, 0) is 23.9 Å². The van der Waals surface area contributed by atoms with Crippen molar-refractivity contribution in [2.24, 2.45) is 17.3 Å². The molecule has 0 N–H and O–H groups in total. The lowest BCUT2D eigenvalue weighted by Gasteiger charge is -2.38. The summed E-state index contributed by atoms with van der Waals surface area (Å²) in [5.74, 6) is -2.06. The average molecular weight is 268 g/mol. The molecule has 0 radical (unpaired) electrons. The first kappa shape index (κ1) is 14.0. The van der Waals surface area contributed by atoms with Gasteiger partial charge in [0.1, 0.15) is 5.92 Å². The molecule has 106 valence electrons. The Kier molecular flexibility index (Phi) is 3.92. The molecule has 2 rings (SSSR count). The van der Waals surface area contributed by atoms with Gasteiger partial charge in [0.15, 0.2) is 5.78 Å². The van der Waals surface area contributed by atoms with Crippen molar-refractivity contribution < 1.29 is 23.9 Å². The monoisotopic (exact) mass is 268 g/mol. The van der Waals surface area contributed by atoms with Crippen LogP contribution in [0.4, 0.5) is 0 Å². The van der Waals surface area contributed by atoms with Crippen LogP contribution in [0.3, 0.4) is 0 Å². The van der Waals surface area contributed by atoms with Gasteiger partial charge < -0.3 is 9.47 Å². The van der Waals surface area contributed by atoms with Gasteiger partial charge in [-0.05, 0) is 25.7 Å². The van der Waals surface area contributed by atoms with E-state index in [9.17, 15) is 14.4 Å². The van der Waals surface area contributed by atoms with Gasteiger partial charge in [-0.2, -0.15) is 0 Å². The van der Waals surface area contributed by atoms with E-state index in [1.165, 1.54) is 14.2 Å². The molecule has 0 aromatic carbocycles. The van der Waals surface area contributed by atoms with E-state index in [1.54, 1.807) is 0 Å². The number of ether oxygens (including phenoxy) is 2. The molecule has 2 atom stereocenters. The first-order chi connectivity index (χ1) is 9.04. The molecule has 5 heteroatoms. The minimum absolute atomic E-state index is 0.0306. The van der Waals surface area contributed by atoms with Crippen molar-refractivity contribution in [1.82, 2.24) is 0 Å². The third kappa shape index (κ3) is 2.38. The SMILES string of the molecule is COC(=O)C1CC(C(=O)OC)C(=O)C2(CCCC2)C1. The second kappa shape index (κ2) is 5.31. The zero-order valence-electron chi connectivity index (χ0n) is 11.4. The van der Waals surface area contributed by atoms with Gasteiger partial charge in [-0.1, -0.05) is 12.8 Å². The smallest absolute Gasteiger partial charge is 0.316 e. The fourth-order valence-electron chi connectivity index (χ4n) is 3.61. The first-order valence-corrected chi connectivity index (χ1v) is 6.74. The Bertz CT molecular complexity index is 395. The van der Waals surface area contributed by atoms with Gasteiger partial charge in [0, 0.05) is 5.41 Å². The summed E-state index contributed by atoms with van der Waals surface area (Å²) in [6, 6.07) is 0. The quantitative estimate of drug-likeness (QED) is 0.560. The molecule has 0 aromatic heterocycles. The molecular formula is C14H20O5. The van der Waals surface area contributed by atoms with Crippen LogP contribution in [0.2, 0.25) is 0 Å². The lowest BCUT2D eigenvalue weighted by atomic mass is 9.63. The number of rotatable bonds is 2. The van der Waals surface area contributed by atoms with Gasteiger partial charge in [0.25, 0.3) is 0 Å². The maximum atomic E-state index is 12.6. The summed E-state index contributed by atoms with van der Waals surface area (Å²) in [6.45, 7) is 0. The van der Waals surface area contributed by atoms with Crippen LogP contribution >= 0.6 is 0 Å². The van der Waals surface area contributed by atoms with Crippen LogP contribution in [-0.4, -0.2) is 31.9 Å². The van der Waals surface area contributed by atoms with E-state index >= 15 is 0 Å². The number of hydrogen-bond acceptors (Lipinski definition) is 5. The van der Waals surface area contributed by atoms with E-state index in [-0.39, 0.29) is 24.1 Å². The van der Waals surface area contributed by atoms with Crippen molar-refractivity contribution in [2.45, 2.75) is 38.5 Å². The van der Waals surface area contributed by atoms with Crippen molar-refractivity contribution >= 4 is 17.7 Å². The summed E-state index contributed by atoms with van der Waals surface area (Å²) in [5, 5.41) is 0. The lowest BCUT2D eigenvalue weighted by molar-refractivity contribution is -0.161. The Labute approximate surface area is 112 Å². The molecule has 2 aliphatic carbocycles. The van der Waals surface area contributed by atoms with Gasteiger partial charge in [-0.15, -0.1) is 0 Å². The van der Waals surface area contributed by atoms with E-state index in [4.69, 9.17) is 9.47 Å². The Hall–Kier alpha value is -1.39. The molecule has 2 aliphatic rings. The molecule has 5 nitrogen and oxygen atoms in total. The molecule has 19 heavy (non-hydrogen) atoms. The summed E-state index contributed by atoms with van der Waals surface area (Å²) in [6.07, 6.45) is 4.24. The Morgan fingerprint density at radius 3 is 2.21 bits per heavy atom. The Balaban J connectivity index is 2.27. The highest BCUT2D eigenvalue weighted by Gasteiger charge is 2.53. The van der Waals surface area contributed by atoms with Gasteiger partial charge in [0.05, 0.1) is 20.1 Å². The summed E-state index contributed by atoms with van der Waals surface area (Å²) in [5.41, 5.74) is -0.504. The third-order valence-electron chi connectivity index (χ3n) is 4.58. The van der Waals surface area contributed by atoms with E-state index in [2.05, 4.69) is 0 Å². The van der Waals surface area contributed by atoms with Crippen molar-refractivity contribution in [3.8, 4) is 0 Å². The predicted molar refractivity (Wildman–Crippen MR) is 66.2 cm³/mol. The van der Waals surface area contributed by atoms with Gasteiger partial charge in [-0.3, -0.25) is 14.4 Å². The topological polar surface area (TPSA) is 69.7 Å². The van der Waals surface area contributed by atoms with E-state index in [0.29, 0.717) is 6.42 Å². The molecule has 0 saturated heterocycles. The standard InChI is InChI=1S/C14H20O5/c1-18-12(16)9-7-10(13(17)19-2)11(15)14(8-9)5-3-4-6-14/h9-10H,3-8H2,1-2H3. The number of Topliss-reactive ketones (excluding diaryl/α,β-unsaturated/α-hetero) is 1. The maximum Gasteiger partial charge on any atom is 0.316 e. The number of ketones is 1. The number of esters is 2. The molecule has 0 aromatic rings. The van der Waals surface area contributed by atoms with Crippen LogP contribution in [0.1, 0.15) is 38.5 Å². The summed E-state index contributed by atoms with van der Waals surface area (Å²) in [4.78, 5) is 36.1. The first-order valence-electron chi connectivity index (χ1n) is 6.74. The molecule has 0 aliphatic heterocycles. The molecule has 0 amide bonds. The highest BCUT2D eigenvalue weighted by molar-refractivity contribution is 6.03. The van der Waals surface area contributed by atoms with E-state index < -0.39 is 17.3 Å². The average Bonchev–Trinajstić information content (AvgIpc) is 2.89. The van der Waals surface area contributed by atoms with Crippen molar-refractivity contribution in [3.63, 3.8) is 0 Å². The Morgan fingerprint density at radius 2 is 1.68 bits per heavy atom. The second-order valence-corrected chi connectivity index (χ2v) is 5.59. The molecular weight excluding hydrogens is 248 g/mol. The van der Waals surface area contributed by atoms with Crippen LogP contribution < -0.4 is 0 Å². The van der Waals surface area contributed by atoms with Crippen molar-refractivity contribution in [3.05, 3.63) is 0 Å². The van der Waals surface area contributed by atoms with Crippen molar-refractivity contribution in [2.75, 3.05) is 14.2 Å². The maximum absolute atomic E-state index is 12.6. The second-order valence-electron chi connectivity index (χ2n) is 5.59. The predicted octanol–water partition coefficient (Wildman–Crippen LogP) is 1.49. The van der Waals surface area contributed by atoms with E-state index in [0.717, 1.165) is 25.7 Å². The number of carbonyl (C=O) groups is 3. The lowest BCUT2D eigenvalue weighted by Crippen LogP contribution is -2.46. The van der Waals surface area contributed by atoms with Crippen LogP contribution in [0, 0.1) is 17.3 Å². The van der Waals surface area contributed by atoms with Crippen LogP contribution in [0.5, 0.6) is 0 Å². The van der Waals surface area contributed by atoms with Crippen LogP contribution in [0.25, 0.3) is 0 Å². The van der Waals surface area contributed by atoms with Gasteiger partial charge in [0.2, 0.25) is 0 Å². The molecule has 0 heterocycles. The fourth-order valence-corrected chi connectivity index (χ4v) is 3.61. The summed E-state index contributed by atoms with van der Waals surface area (Å²) < 4.78 is 9.50. The largest absolute Gasteiger partial charge is 0.469 e. The minimum atomic E-state index is -0.805. The van der Waals surface area contributed by atoms with Gasteiger partial charge >= 0.3 is 11.9 Å². The number of hydrogen-bond donors (Lipinski definition) is 0. The molecule has 2 fully saturated rings. The zero-order chi connectivity index (χ0) is 14.0.